The summed E-state index contributed by atoms with van der Waals surface area (Å²) in [5.74, 6) is 0.719. The summed E-state index contributed by atoms with van der Waals surface area (Å²) in [6.45, 7) is 6.59. The fraction of sp³-hybridized carbons (Fsp3) is 0.550. The maximum atomic E-state index is 13.6. The summed E-state index contributed by atoms with van der Waals surface area (Å²) in [5, 5.41) is 7.56. The molecule has 3 aromatic rings. The first-order valence-electron chi connectivity index (χ1n) is 10.6. The molecule has 10 heteroatoms. The van der Waals surface area contributed by atoms with Crippen LogP contribution in [0.2, 0.25) is 0 Å². The van der Waals surface area contributed by atoms with E-state index in [2.05, 4.69) is 25.2 Å². The van der Waals surface area contributed by atoms with Gasteiger partial charge in [-0.1, -0.05) is 0 Å². The van der Waals surface area contributed by atoms with Crippen LogP contribution in [0, 0.1) is 0 Å². The van der Waals surface area contributed by atoms with Crippen molar-refractivity contribution < 1.29 is 9.42 Å². The number of rotatable bonds is 5. The van der Waals surface area contributed by atoms with E-state index in [0.717, 1.165) is 44.5 Å². The largest absolute Gasteiger partial charge is 0.379 e. The number of carbonyl (C=O) groups excluding carboxylic acids is 1. The monoisotopic (exact) mass is 410 g/mol. The molecule has 0 aromatic carbocycles. The molecule has 158 valence electrons. The third kappa shape index (κ3) is 3.11. The van der Waals surface area contributed by atoms with Crippen LogP contribution in [0.15, 0.2) is 17.0 Å². The number of nitrogen functional groups attached to an aromatic ring is 1. The van der Waals surface area contributed by atoms with Crippen LogP contribution in [0.1, 0.15) is 43.0 Å². The molecule has 2 N–H and O–H groups in total. The van der Waals surface area contributed by atoms with Gasteiger partial charge in [-0.05, 0) is 56.0 Å². The fourth-order valence-corrected chi connectivity index (χ4v) is 4.80. The summed E-state index contributed by atoms with van der Waals surface area (Å²) in [7, 11) is 0. The zero-order chi connectivity index (χ0) is 20.7. The maximum absolute atomic E-state index is 13.6. The number of hydrogen-bond acceptors (Lipinski definition) is 8. The van der Waals surface area contributed by atoms with Gasteiger partial charge in [0, 0.05) is 31.9 Å². The Morgan fingerprint density at radius 2 is 2.03 bits per heavy atom. The number of hydrogen-bond donors (Lipinski definition) is 1. The molecule has 30 heavy (non-hydrogen) atoms. The molecule has 0 bridgehead atoms. The van der Waals surface area contributed by atoms with Crippen LogP contribution in [0.4, 0.5) is 5.82 Å². The van der Waals surface area contributed by atoms with Gasteiger partial charge in [-0.2, -0.15) is 0 Å². The van der Waals surface area contributed by atoms with Crippen molar-refractivity contribution in [3.8, 4) is 11.5 Å². The number of amides is 1. The molecule has 2 fully saturated rings. The Morgan fingerprint density at radius 1 is 1.20 bits per heavy atom. The van der Waals surface area contributed by atoms with E-state index in [9.17, 15) is 4.79 Å². The molecule has 3 aromatic heterocycles. The first-order chi connectivity index (χ1) is 14.7. The van der Waals surface area contributed by atoms with Crippen molar-refractivity contribution in [2.24, 2.45) is 0 Å². The fourth-order valence-electron chi connectivity index (χ4n) is 4.80. The molecule has 5 rings (SSSR count). The van der Waals surface area contributed by atoms with Gasteiger partial charge in [-0.15, -0.1) is 0 Å². The minimum Gasteiger partial charge on any atom is -0.379 e. The lowest BCUT2D eigenvalue weighted by molar-refractivity contribution is 0.0710. The molecule has 2 saturated heterocycles. The van der Waals surface area contributed by atoms with E-state index in [1.54, 1.807) is 12.4 Å². The van der Waals surface area contributed by atoms with E-state index < -0.39 is 0 Å². The van der Waals surface area contributed by atoms with Crippen molar-refractivity contribution in [3.05, 3.63) is 18.0 Å². The van der Waals surface area contributed by atoms with Crippen molar-refractivity contribution in [1.82, 2.24) is 34.6 Å². The minimum absolute atomic E-state index is 0.0159. The molecule has 2 aliphatic heterocycles. The van der Waals surface area contributed by atoms with Gasteiger partial charge in [0.15, 0.2) is 17.3 Å². The maximum Gasteiger partial charge on any atom is 0.257 e. The van der Waals surface area contributed by atoms with Gasteiger partial charge in [0.05, 0.1) is 17.3 Å². The topological polar surface area (TPSA) is 119 Å². The van der Waals surface area contributed by atoms with Gasteiger partial charge in [-0.25, -0.2) is 9.61 Å². The number of imidazole rings is 1. The summed E-state index contributed by atoms with van der Waals surface area (Å²) >= 11 is 0. The van der Waals surface area contributed by atoms with Crippen LogP contribution < -0.4 is 5.73 Å². The number of aromatic nitrogens is 5. The van der Waals surface area contributed by atoms with Crippen LogP contribution in [0.3, 0.4) is 0 Å². The standard InChI is InChI=1S/C20H26N8O2/c1-2-27-17-14(10-22-11-15(17)23-19(27)16-18(21)25-30-24-16)20(29)28-9-5-6-13(28)12-26-7-3-4-8-26/h10-11,13H,2-9,12H2,1H3,(H2,21,25). The number of pyridine rings is 1. The highest BCUT2D eigenvalue weighted by Crippen LogP contribution is 2.30. The molecule has 0 saturated carbocycles. The predicted octanol–water partition coefficient (Wildman–Crippen LogP) is 1.78. The third-order valence-electron chi connectivity index (χ3n) is 6.23. The lowest BCUT2D eigenvalue weighted by Crippen LogP contribution is -2.42. The second kappa shape index (κ2) is 7.67. The van der Waals surface area contributed by atoms with Gasteiger partial charge in [0.1, 0.15) is 5.52 Å². The van der Waals surface area contributed by atoms with Crippen LogP contribution in [-0.4, -0.2) is 72.8 Å². The number of carbonyl (C=O) groups is 1. The highest BCUT2D eigenvalue weighted by atomic mass is 16.6. The normalized spacial score (nSPS) is 19.9. The Bertz CT molecular complexity index is 1070. The quantitative estimate of drug-likeness (QED) is 0.676. The van der Waals surface area contributed by atoms with E-state index >= 15 is 0 Å². The minimum atomic E-state index is 0.0159. The van der Waals surface area contributed by atoms with E-state index in [-0.39, 0.29) is 17.8 Å². The molecule has 1 unspecified atom stereocenters. The number of nitrogens with zero attached hydrogens (tertiary/aromatic N) is 7. The van der Waals surface area contributed by atoms with Gasteiger partial charge in [0.25, 0.3) is 5.91 Å². The summed E-state index contributed by atoms with van der Waals surface area (Å²) in [5.41, 5.74) is 8.22. The molecule has 0 radical (unpaired) electrons. The molecule has 5 heterocycles. The summed E-state index contributed by atoms with van der Waals surface area (Å²) in [4.78, 5) is 27.1. The predicted molar refractivity (Wildman–Crippen MR) is 111 cm³/mol. The Balaban J connectivity index is 1.53. The number of fused-ring (bicyclic) bond motifs is 1. The molecule has 0 aliphatic carbocycles. The number of nitrogens with two attached hydrogens (primary N) is 1. The highest BCUT2D eigenvalue weighted by Gasteiger charge is 2.33. The van der Waals surface area contributed by atoms with Crippen molar-refractivity contribution in [1.29, 1.82) is 0 Å². The second-order valence-electron chi connectivity index (χ2n) is 8.03. The average molecular weight is 410 g/mol. The summed E-state index contributed by atoms with van der Waals surface area (Å²) < 4.78 is 6.69. The smallest absolute Gasteiger partial charge is 0.257 e. The van der Waals surface area contributed by atoms with Crippen molar-refractivity contribution in [2.45, 2.75) is 45.2 Å². The van der Waals surface area contributed by atoms with E-state index in [0.29, 0.717) is 29.1 Å². The third-order valence-corrected chi connectivity index (χ3v) is 6.23. The van der Waals surface area contributed by atoms with Gasteiger partial charge in [0.2, 0.25) is 0 Å². The molecule has 1 atom stereocenters. The number of anilines is 1. The Hall–Kier alpha value is -3.01. The molecular weight excluding hydrogens is 384 g/mol. The molecule has 1 amide bonds. The average Bonchev–Trinajstić information content (AvgIpc) is 3.54. The first-order valence-corrected chi connectivity index (χ1v) is 10.6. The van der Waals surface area contributed by atoms with Gasteiger partial charge < -0.3 is 20.1 Å². The zero-order valence-electron chi connectivity index (χ0n) is 17.1. The van der Waals surface area contributed by atoms with E-state index in [4.69, 9.17) is 10.4 Å². The SMILES string of the molecule is CCn1c(-c2nonc2N)nc2cncc(C(=O)N3CCCC3CN3CCCC3)c21. The molecular formula is C20H26N8O2. The lowest BCUT2D eigenvalue weighted by atomic mass is 10.1. The second-order valence-corrected chi connectivity index (χ2v) is 8.03. The number of likely N-dealkylation sites (tertiary alicyclic amines) is 2. The van der Waals surface area contributed by atoms with Crippen molar-refractivity contribution in [3.63, 3.8) is 0 Å². The molecule has 10 nitrogen and oxygen atoms in total. The lowest BCUT2D eigenvalue weighted by Gasteiger charge is -2.28. The Morgan fingerprint density at radius 3 is 2.77 bits per heavy atom. The van der Waals surface area contributed by atoms with Gasteiger partial charge in [-0.3, -0.25) is 9.78 Å². The number of aryl methyl sites for hydroxylation is 1. The van der Waals surface area contributed by atoms with E-state index in [1.165, 1.54) is 12.8 Å². The Labute approximate surface area is 174 Å². The highest BCUT2D eigenvalue weighted by molar-refractivity contribution is 6.05. The zero-order valence-corrected chi connectivity index (χ0v) is 17.1. The Kier molecular flexibility index (Phi) is 4.86. The van der Waals surface area contributed by atoms with Crippen LogP contribution >= 0.6 is 0 Å². The molecule has 2 aliphatic rings. The van der Waals surface area contributed by atoms with Crippen molar-refractivity contribution >= 4 is 22.8 Å². The van der Waals surface area contributed by atoms with E-state index in [1.807, 2.05) is 16.4 Å². The molecule has 0 spiro atoms. The summed E-state index contributed by atoms with van der Waals surface area (Å²) in [6, 6.07) is 0.249. The van der Waals surface area contributed by atoms with Crippen LogP contribution in [0.5, 0.6) is 0 Å². The van der Waals surface area contributed by atoms with Crippen LogP contribution in [-0.2, 0) is 6.54 Å². The van der Waals surface area contributed by atoms with Gasteiger partial charge >= 0.3 is 0 Å². The first kappa shape index (κ1) is 19.0. The van der Waals surface area contributed by atoms with Crippen LogP contribution in [0.25, 0.3) is 22.6 Å². The van der Waals surface area contributed by atoms with Crippen molar-refractivity contribution in [2.75, 3.05) is 31.9 Å². The summed E-state index contributed by atoms with van der Waals surface area (Å²) in [6.07, 6.45) is 7.90.